The van der Waals surface area contributed by atoms with E-state index in [4.69, 9.17) is 0 Å². The number of hydrogen-bond acceptors (Lipinski definition) is 1. The Kier molecular flexibility index (Phi) is 44.4. The third-order valence-electron chi connectivity index (χ3n) is 15.1. The highest BCUT2D eigenvalue weighted by atomic mass is 14.9. The Morgan fingerprint density at radius 1 is 0.208 bits per heavy atom. The summed E-state index contributed by atoms with van der Waals surface area (Å²) in [6, 6.07) is 79.6. The zero-order valence-corrected chi connectivity index (χ0v) is 65.7. The third-order valence-corrected chi connectivity index (χ3v) is 15.1. The van der Waals surface area contributed by atoms with Crippen LogP contribution in [0.4, 0.5) is 0 Å². The van der Waals surface area contributed by atoms with Crippen molar-refractivity contribution in [3.63, 3.8) is 0 Å². The molecule has 0 aliphatic heterocycles. The summed E-state index contributed by atoms with van der Waals surface area (Å²) in [7, 11) is 4.25. The van der Waals surface area contributed by atoms with Crippen LogP contribution >= 0.6 is 0 Å². The number of rotatable bonds is 0. The highest BCUT2D eigenvalue weighted by Crippen LogP contribution is 2.31. The highest BCUT2D eigenvalue weighted by Gasteiger charge is 2.09. The lowest BCUT2D eigenvalue weighted by Crippen LogP contribution is -1.86. The minimum Gasteiger partial charge on any atom is -0.344 e. The van der Waals surface area contributed by atoms with Crippen LogP contribution in [0, 0.1) is 69.2 Å². The topological polar surface area (TPSA) is 22.8 Å². The first-order chi connectivity index (χ1) is 46.6. The number of nitrogens with zero attached hydrogens (tertiary/aromatic N) is 3. The van der Waals surface area contributed by atoms with Crippen LogP contribution < -0.4 is 0 Å². The van der Waals surface area contributed by atoms with Crippen LogP contribution in [0.1, 0.15) is 180 Å². The summed E-state index contributed by atoms with van der Waals surface area (Å²) in [6.07, 6.45) is 0. The van der Waals surface area contributed by atoms with Crippen molar-refractivity contribution in [3.05, 3.63) is 280 Å². The Morgan fingerprint density at radius 3 is 1.10 bits per heavy atom. The minimum atomic E-state index is 1.09. The van der Waals surface area contributed by atoms with Crippen molar-refractivity contribution in [2.75, 3.05) is 0 Å². The number of para-hydroxylation sites is 3. The second-order valence-corrected chi connectivity index (χ2v) is 21.1. The molecule has 14 aromatic rings. The zero-order chi connectivity index (χ0) is 73.0. The molecule has 0 saturated carbocycles. The number of pyridine rings is 1. The first-order valence-corrected chi connectivity index (χ1v) is 36.2. The van der Waals surface area contributed by atoms with Crippen LogP contribution in [-0.4, -0.2) is 14.1 Å². The van der Waals surface area contributed by atoms with Gasteiger partial charge in [0.1, 0.15) is 0 Å². The average molecular weight is 1290 g/mol. The fourth-order valence-corrected chi connectivity index (χ4v) is 10.8. The molecule has 0 unspecified atom stereocenters. The molecule has 0 fully saturated rings. The lowest BCUT2D eigenvalue weighted by atomic mass is 9.97. The molecule has 3 nitrogen and oxygen atoms in total. The van der Waals surface area contributed by atoms with Crippen molar-refractivity contribution in [1.29, 1.82) is 0 Å². The number of benzene rings is 11. The standard InChI is InChI=1S/C16H14.2C14H13N.C12H12.C11H11N.C8H10.9C2H6/c1-11-7-8-13-10-12(2)14-5-3-4-6-15(14)16(13)9-11;1-10-7-8-14-12(9-10)11-5-3-4-6-13(11)15(14)2;1-10-7-8-12-11-5-3-4-6-13(11)15(2)14(12)9-10;1-9-7-10(2)12-6-4-3-5-11(12)8-9;1-8-7-9(2)12-11-6-4-3-5-10(8)11;1-7-5-3-4-6-8(7)2;9*1-2/h3-10H,1-2H3;2*3-9H,1-2H3;3-8H,1-2H3;3-7H,1-2H3;3-6H,1-2H3;9*1-2H3. The van der Waals surface area contributed by atoms with Gasteiger partial charge < -0.3 is 9.13 Å². The summed E-state index contributed by atoms with van der Waals surface area (Å²) >= 11 is 0. The number of fused-ring (bicyclic) bond motifs is 11. The largest absolute Gasteiger partial charge is 0.344 e. The first kappa shape index (κ1) is 87.2. The van der Waals surface area contributed by atoms with E-state index < -0.39 is 0 Å². The number of aryl methyl sites for hydroxylation is 12. The molecule has 3 heteroatoms. The Morgan fingerprint density at radius 2 is 0.562 bits per heavy atom. The predicted molar refractivity (Wildman–Crippen MR) is 444 cm³/mol. The second kappa shape index (κ2) is 48.8. The van der Waals surface area contributed by atoms with Gasteiger partial charge in [0.15, 0.2) is 0 Å². The van der Waals surface area contributed by atoms with Crippen molar-refractivity contribution in [3.8, 4) is 0 Å². The van der Waals surface area contributed by atoms with Gasteiger partial charge in [0.05, 0.1) is 5.52 Å². The van der Waals surface area contributed by atoms with E-state index in [1.165, 1.54) is 131 Å². The highest BCUT2D eigenvalue weighted by molar-refractivity contribution is 6.10. The van der Waals surface area contributed by atoms with Crippen LogP contribution in [-0.2, 0) is 14.1 Å². The van der Waals surface area contributed by atoms with Gasteiger partial charge in [-0.15, -0.1) is 0 Å². The van der Waals surface area contributed by atoms with Gasteiger partial charge in [0.2, 0.25) is 0 Å². The van der Waals surface area contributed by atoms with Gasteiger partial charge in [0.25, 0.3) is 0 Å². The van der Waals surface area contributed by atoms with Crippen molar-refractivity contribution in [2.24, 2.45) is 14.1 Å². The molecule has 0 aliphatic rings. The first-order valence-electron chi connectivity index (χ1n) is 36.2. The average Bonchev–Trinajstić information content (AvgIpc) is 1.52. The monoisotopic (exact) mass is 1290 g/mol. The molecule has 0 atom stereocenters. The number of hydrogen-bond donors (Lipinski definition) is 0. The van der Waals surface area contributed by atoms with E-state index in [0.717, 1.165) is 11.2 Å². The summed E-state index contributed by atoms with van der Waals surface area (Å²) in [6.45, 7) is 57.3. The predicted octanol–water partition coefficient (Wildman–Crippen LogP) is 29.7. The molecule has 3 heterocycles. The van der Waals surface area contributed by atoms with Crippen molar-refractivity contribution in [1.82, 2.24) is 14.1 Å². The molecule has 0 bridgehead atoms. The van der Waals surface area contributed by atoms with Crippen molar-refractivity contribution in [2.45, 2.75) is 194 Å². The second-order valence-electron chi connectivity index (χ2n) is 21.1. The molecule has 0 radical (unpaired) electrons. The van der Waals surface area contributed by atoms with Gasteiger partial charge in [-0.25, -0.2) is 0 Å². The van der Waals surface area contributed by atoms with E-state index in [9.17, 15) is 0 Å². The van der Waals surface area contributed by atoms with E-state index in [0.29, 0.717) is 0 Å². The zero-order valence-electron chi connectivity index (χ0n) is 65.7. The van der Waals surface area contributed by atoms with Crippen LogP contribution in [0.25, 0.3) is 86.8 Å². The maximum absolute atomic E-state index is 4.44. The van der Waals surface area contributed by atoms with Gasteiger partial charge >= 0.3 is 0 Å². The van der Waals surface area contributed by atoms with Crippen molar-refractivity contribution >= 4 is 86.8 Å². The fourth-order valence-electron chi connectivity index (χ4n) is 10.8. The van der Waals surface area contributed by atoms with Gasteiger partial charge in [-0.05, 0) is 177 Å². The smallest absolute Gasteiger partial charge is 0.0707 e. The van der Waals surface area contributed by atoms with E-state index in [2.05, 4.69) is 303 Å². The van der Waals surface area contributed by atoms with E-state index >= 15 is 0 Å². The van der Waals surface area contributed by atoms with Crippen LogP contribution in [0.15, 0.2) is 224 Å². The third kappa shape index (κ3) is 24.8. The minimum absolute atomic E-state index is 1.09. The molecule has 0 N–H and O–H groups in total. The van der Waals surface area contributed by atoms with Crippen molar-refractivity contribution < 1.29 is 0 Å². The molecular weight excluding hydrogens is 1160 g/mol. The maximum atomic E-state index is 4.44. The Balaban J connectivity index is 0.00000108. The van der Waals surface area contributed by atoms with E-state index in [-0.39, 0.29) is 0 Å². The quantitative estimate of drug-likeness (QED) is 0.139. The Bertz CT molecular complexity index is 4300. The van der Waals surface area contributed by atoms with Gasteiger partial charge in [0, 0.05) is 68.8 Å². The molecule has 14 rings (SSSR count). The maximum Gasteiger partial charge on any atom is 0.0707 e. The molecular formula is C93H127N3. The lowest BCUT2D eigenvalue weighted by Gasteiger charge is -2.07. The Hall–Kier alpha value is -8.79. The van der Waals surface area contributed by atoms with Gasteiger partial charge in [-0.1, -0.05) is 323 Å². The van der Waals surface area contributed by atoms with Crippen LogP contribution in [0.2, 0.25) is 0 Å². The van der Waals surface area contributed by atoms with Gasteiger partial charge in [-0.3, -0.25) is 4.98 Å². The van der Waals surface area contributed by atoms with Crippen LogP contribution in [0.3, 0.4) is 0 Å². The molecule has 3 aromatic heterocycles. The summed E-state index contributed by atoms with van der Waals surface area (Å²) < 4.78 is 4.52. The SMILES string of the molecule is CC.CC.CC.CC.CC.CC.CC.CC.CC.Cc1cc(C)c2ccccc2c1.Cc1cc(C)c2ccccc2n1.Cc1ccc2c(c1)c1ccccc1n2C.Cc1ccc2c3ccccc3n(C)c2c1.Cc1ccc2cc(C)c3ccccc3c2c1.Cc1ccccc1C. The molecule has 514 valence electrons. The Labute approximate surface area is 585 Å². The molecule has 11 aromatic carbocycles. The molecule has 0 amide bonds. The summed E-state index contributed by atoms with van der Waals surface area (Å²) in [5.41, 5.74) is 19.5. The lowest BCUT2D eigenvalue weighted by molar-refractivity contribution is 1.01. The summed E-state index contributed by atoms with van der Waals surface area (Å²) in [5.74, 6) is 0. The van der Waals surface area contributed by atoms with Crippen LogP contribution in [0.5, 0.6) is 0 Å². The van der Waals surface area contributed by atoms with Gasteiger partial charge in [-0.2, -0.15) is 0 Å². The normalized spacial score (nSPS) is 9.35. The van der Waals surface area contributed by atoms with E-state index in [1.807, 2.05) is 144 Å². The molecule has 0 saturated heterocycles. The molecule has 96 heavy (non-hydrogen) atoms. The fraction of sp³-hybridized carbons (Fsp3) is 0.323. The molecule has 0 spiro atoms. The number of aromatic nitrogens is 3. The van der Waals surface area contributed by atoms with E-state index in [1.54, 1.807) is 0 Å². The molecule has 0 aliphatic carbocycles. The summed E-state index contributed by atoms with van der Waals surface area (Å²) in [5, 5.41) is 14.8. The summed E-state index contributed by atoms with van der Waals surface area (Å²) in [4.78, 5) is 4.44.